The maximum atomic E-state index is 12.7. The molecule has 2 aromatic rings. The summed E-state index contributed by atoms with van der Waals surface area (Å²) in [6.45, 7) is 3.82. The van der Waals surface area contributed by atoms with Gasteiger partial charge >= 0.3 is 0 Å². The molecule has 0 aromatic heterocycles. The van der Waals surface area contributed by atoms with E-state index in [9.17, 15) is 4.79 Å². The largest absolute Gasteiger partial charge is 0.497 e. The molecule has 5 nitrogen and oxygen atoms in total. The van der Waals surface area contributed by atoms with Crippen molar-refractivity contribution in [1.29, 1.82) is 0 Å². The van der Waals surface area contributed by atoms with Gasteiger partial charge in [0, 0.05) is 30.8 Å². The van der Waals surface area contributed by atoms with E-state index in [-0.39, 0.29) is 5.91 Å². The average molecular weight is 422 g/mol. The third-order valence-electron chi connectivity index (χ3n) is 5.54. The van der Waals surface area contributed by atoms with Crippen molar-refractivity contribution in [2.75, 3.05) is 34.4 Å². The molecule has 1 aliphatic heterocycles. The van der Waals surface area contributed by atoms with Crippen molar-refractivity contribution < 1.29 is 19.0 Å². The number of hydrogen-bond acceptors (Lipinski definition) is 4. The van der Waals surface area contributed by atoms with Gasteiger partial charge in [0.2, 0.25) is 5.91 Å². The summed E-state index contributed by atoms with van der Waals surface area (Å²) in [6, 6.07) is 11.6. The highest BCUT2D eigenvalue weighted by Crippen LogP contribution is 2.31. The van der Waals surface area contributed by atoms with Crippen molar-refractivity contribution in [2.24, 2.45) is 5.92 Å². The third-order valence-corrected chi connectivity index (χ3v) is 5.54. The van der Waals surface area contributed by atoms with Crippen LogP contribution in [0.2, 0.25) is 0 Å². The van der Waals surface area contributed by atoms with E-state index >= 15 is 0 Å². The molecule has 0 aliphatic carbocycles. The predicted octanol–water partition coefficient (Wildman–Crippen LogP) is 5.15. The van der Waals surface area contributed by atoms with Crippen LogP contribution in [0, 0.1) is 5.92 Å². The number of carbonyl (C=O) groups excluding carboxylic acids is 1. The first-order valence-corrected chi connectivity index (χ1v) is 10.6. The van der Waals surface area contributed by atoms with Crippen molar-refractivity contribution >= 4 is 24.1 Å². The van der Waals surface area contributed by atoms with Gasteiger partial charge < -0.3 is 19.1 Å². The van der Waals surface area contributed by atoms with E-state index in [0.29, 0.717) is 17.4 Å². The van der Waals surface area contributed by atoms with Crippen LogP contribution in [-0.4, -0.2) is 45.2 Å². The fourth-order valence-corrected chi connectivity index (χ4v) is 3.78. The predicted molar refractivity (Wildman–Crippen MR) is 125 cm³/mol. The van der Waals surface area contributed by atoms with Gasteiger partial charge in [-0.1, -0.05) is 31.2 Å². The number of hydrogen-bond donors (Lipinski definition) is 0. The van der Waals surface area contributed by atoms with Crippen LogP contribution in [0.3, 0.4) is 0 Å². The lowest BCUT2D eigenvalue weighted by Gasteiger charge is -2.30. The molecule has 1 fully saturated rings. The van der Waals surface area contributed by atoms with Gasteiger partial charge in [0.25, 0.3) is 0 Å². The summed E-state index contributed by atoms with van der Waals surface area (Å²) in [5.74, 6) is 2.75. The first-order chi connectivity index (χ1) is 15.0. The lowest BCUT2D eigenvalue weighted by molar-refractivity contribution is -0.127. The van der Waals surface area contributed by atoms with Gasteiger partial charge in [0.15, 0.2) is 0 Å². The highest BCUT2D eigenvalue weighted by Gasteiger charge is 2.19. The quantitative estimate of drug-likeness (QED) is 0.458. The zero-order chi connectivity index (χ0) is 22.2. The molecule has 0 spiro atoms. The van der Waals surface area contributed by atoms with Crippen LogP contribution in [0.25, 0.3) is 18.2 Å². The van der Waals surface area contributed by atoms with Gasteiger partial charge in [-0.15, -0.1) is 0 Å². The number of likely N-dealkylation sites (tertiary alicyclic amines) is 1. The van der Waals surface area contributed by atoms with Crippen LogP contribution in [0.5, 0.6) is 17.2 Å². The SMILES string of the molecule is COc1ccc(/C=C/c2cc(OC)cc(OC)c2/C=C/C(=O)N2CCCC(C)C2)cc1. The highest BCUT2D eigenvalue weighted by molar-refractivity contribution is 5.93. The number of piperidine rings is 1. The number of benzene rings is 2. The summed E-state index contributed by atoms with van der Waals surface area (Å²) in [7, 11) is 4.90. The third kappa shape index (κ3) is 5.91. The van der Waals surface area contributed by atoms with Crippen LogP contribution in [0.4, 0.5) is 0 Å². The minimum absolute atomic E-state index is 0.0366. The van der Waals surface area contributed by atoms with Crippen molar-refractivity contribution in [3.8, 4) is 17.2 Å². The normalized spacial score (nSPS) is 16.6. The van der Waals surface area contributed by atoms with E-state index in [1.165, 1.54) is 6.42 Å². The fraction of sp³-hybridized carbons (Fsp3) is 0.346. The first-order valence-electron chi connectivity index (χ1n) is 10.6. The van der Waals surface area contributed by atoms with Gasteiger partial charge in [-0.25, -0.2) is 0 Å². The van der Waals surface area contributed by atoms with E-state index in [0.717, 1.165) is 42.0 Å². The Morgan fingerprint density at radius 2 is 1.71 bits per heavy atom. The number of methoxy groups -OCH3 is 3. The zero-order valence-electron chi connectivity index (χ0n) is 18.8. The van der Waals surface area contributed by atoms with Crippen LogP contribution in [-0.2, 0) is 4.79 Å². The van der Waals surface area contributed by atoms with E-state index < -0.39 is 0 Å². The summed E-state index contributed by atoms with van der Waals surface area (Å²) in [6.07, 6.45) is 9.74. The van der Waals surface area contributed by atoms with E-state index in [1.54, 1.807) is 27.4 Å². The van der Waals surface area contributed by atoms with E-state index in [4.69, 9.17) is 14.2 Å². The molecule has 1 unspecified atom stereocenters. The molecule has 5 heteroatoms. The lowest BCUT2D eigenvalue weighted by Crippen LogP contribution is -2.38. The molecule has 1 amide bonds. The molecule has 31 heavy (non-hydrogen) atoms. The summed E-state index contributed by atoms with van der Waals surface area (Å²) < 4.78 is 16.3. The maximum Gasteiger partial charge on any atom is 0.246 e. The summed E-state index contributed by atoms with van der Waals surface area (Å²) >= 11 is 0. The minimum atomic E-state index is 0.0366. The van der Waals surface area contributed by atoms with E-state index in [1.807, 2.05) is 59.5 Å². The summed E-state index contributed by atoms with van der Waals surface area (Å²) in [4.78, 5) is 14.7. The van der Waals surface area contributed by atoms with Crippen molar-refractivity contribution in [2.45, 2.75) is 19.8 Å². The van der Waals surface area contributed by atoms with Gasteiger partial charge in [0.1, 0.15) is 17.2 Å². The Hall–Kier alpha value is -3.21. The number of ether oxygens (including phenoxy) is 3. The highest BCUT2D eigenvalue weighted by atomic mass is 16.5. The molecule has 1 saturated heterocycles. The molecule has 164 valence electrons. The Morgan fingerprint density at radius 1 is 0.968 bits per heavy atom. The molecule has 2 aromatic carbocycles. The second-order valence-corrected chi connectivity index (χ2v) is 7.80. The van der Waals surface area contributed by atoms with Crippen molar-refractivity contribution in [3.63, 3.8) is 0 Å². The molecule has 0 saturated carbocycles. The zero-order valence-corrected chi connectivity index (χ0v) is 18.8. The monoisotopic (exact) mass is 421 g/mol. The smallest absolute Gasteiger partial charge is 0.246 e. The average Bonchev–Trinajstić information content (AvgIpc) is 2.81. The first kappa shape index (κ1) is 22.5. The molecule has 1 aliphatic rings. The molecule has 3 rings (SSSR count). The molecule has 1 heterocycles. The Balaban J connectivity index is 1.90. The van der Waals surface area contributed by atoms with E-state index in [2.05, 4.69) is 6.92 Å². The van der Waals surface area contributed by atoms with Gasteiger partial charge in [0.05, 0.1) is 21.3 Å². The Morgan fingerprint density at radius 3 is 2.35 bits per heavy atom. The van der Waals surface area contributed by atoms with Gasteiger partial charge in [-0.05, 0) is 54.2 Å². The molecule has 1 atom stereocenters. The summed E-state index contributed by atoms with van der Waals surface area (Å²) in [5.41, 5.74) is 2.78. The lowest BCUT2D eigenvalue weighted by atomic mass is 10.00. The number of nitrogens with zero attached hydrogens (tertiary/aromatic N) is 1. The van der Waals surface area contributed by atoms with Crippen LogP contribution in [0.15, 0.2) is 42.5 Å². The Bertz CT molecular complexity index is 947. The van der Waals surface area contributed by atoms with Crippen molar-refractivity contribution in [1.82, 2.24) is 4.90 Å². The standard InChI is InChI=1S/C26H31NO4/c1-19-6-5-15-27(18-19)26(28)14-13-24-21(16-23(30-3)17-25(24)31-4)10-7-20-8-11-22(29-2)12-9-20/h7-14,16-17,19H,5-6,15,18H2,1-4H3/b10-7+,14-13+. The van der Waals surface area contributed by atoms with Crippen LogP contribution < -0.4 is 14.2 Å². The van der Waals surface area contributed by atoms with Gasteiger partial charge in [-0.2, -0.15) is 0 Å². The fourth-order valence-electron chi connectivity index (χ4n) is 3.78. The Kier molecular flexibility index (Phi) is 7.76. The summed E-state index contributed by atoms with van der Waals surface area (Å²) in [5, 5.41) is 0. The molecular formula is C26H31NO4. The van der Waals surface area contributed by atoms with Crippen LogP contribution in [0.1, 0.15) is 36.5 Å². The number of rotatable bonds is 7. The second kappa shape index (κ2) is 10.7. The molecule has 0 radical (unpaired) electrons. The van der Waals surface area contributed by atoms with Crippen molar-refractivity contribution in [3.05, 3.63) is 59.2 Å². The molecule has 0 bridgehead atoms. The molecular weight excluding hydrogens is 390 g/mol. The van der Waals surface area contributed by atoms with Gasteiger partial charge in [-0.3, -0.25) is 4.79 Å². The Labute approximate surface area is 184 Å². The number of carbonyl (C=O) groups is 1. The minimum Gasteiger partial charge on any atom is -0.497 e. The second-order valence-electron chi connectivity index (χ2n) is 7.80. The number of amides is 1. The molecule has 0 N–H and O–H groups in total. The van der Waals surface area contributed by atoms with Crippen LogP contribution >= 0.6 is 0 Å². The maximum absolute atomic E-state index is 12.7. The topological polar surface area (TPSA) is 48.0 Å².